The van der Waals surface area contributed by atoms with Gasteiger partial charge in [-0.1, -0.05) is 24.3 Å². The minimum absolute atomic E-state index is 0.0176. The van der Waals surface area contributed by atoms with E-state index in [4.69, 9.17) is 0 Å². The molecule has 4 saturated carbocycles. The molecular weight excluding hydrogens is 362 g/mol. The Balaban J connectivity index is 1.28. The largest absolute Gasteiger partial charge is 0.392 e. The molecule has 29 heavy (non-hydrogen) atoms. The predicted molar refractivity (Wildman–Crippen MR) is 110 cm³/mol. The van der Waals surface area contributed by atoms with Gasteiger partial charge in [0.05, 0.1) is 30.4 Å². The molecule has 0 spiro atoms. The molecule has 4 aliphatic carbocycles. The van der Waals surface area contributed by atoms with E-state index in [0.717, 1.165) is 31.4 Å². The first-order chi connectivity index (χ1) is 14.0. The van der Waals surface area contributed by atoms with Gasteiger partial charge in [-0.05, 0) is 67.3 Å². The number of nitrogens with zero attached hydrogens (tertiary/aromatic N) is 2. The molecule has 2 N–H and O–H groups in total. The number of fused-ring (bicyclic) bond motifs is 3. The predicted octanol–water partition coefficient (Wildman–Crippen LogP) is 3.53. The minimum atomic E-state index is -0.319. The molecule has 0 saturated heterocycles. The molecule has 2 aromatic rings. The maximum Gasteiger partial charge on any atom is 0.217 e. The molecule has 4 bridgehead atoms. The Hall–Kier alpha value is -2.14. The summed E-state index contributed by atoms with van der Waals surface area (Å²) in [5.74, 6) is 1.86. The topological polar surface area (TPSA) is 67.2 Å². The average Bonchev–Trinajstić information content (AvgIpc) is 3.27. The number of nitrogens with one attached hydrogen (secondary N) is 1. The summed E-state index contributed by atoms with van der Waals surface area (Å²) >= 11 is 0. The number of imidazole rings is 1. The van der Waals surface area contributed by atoms with Crippen LogP contribution in [0, 0.1) is 23.2 Å². The second-order valence-corrected chi connectivity index (χ2v) is 10.1. The molecule has 5 heteroatoms. The molecule has 5 nitrogen and oxygen atoms in total. The van der Waals surface area contributed by atoms with Crippen LogP contribution in [0.2, 0.25) is 0 Å². The number of carbonyl (C=O) groups excluding carboxylic acids is 1. The quantitative estimate of drug-likeness (QED) is 0.838. The van der Waals surface area contributed by atoms with Crippen molar-refractivity contribution in [2.24, 2.45) is 23.2 Å². The normalized spacial score (nSPS) is 37.2. The van der Waals surface area contributed by atoms with E-state index in [1.54, 1.807) is 6.92 Å². The van der Waals surface area contributed by atoms with E-state index in [0.29, 0.717) is 23.8 Å². The first-order valence-electron chi connectivity index (χ1n) is 11.1. The number of amides is 1. The van der Waals surface area contributed by atoms with E-state index < -0.39 is 0 Å². The third-order valence-electron chi connectivity index (χ3n) is 8.44. The third kappa shape index (κ3) is 2.56. The van der Waals surface area contributed by atoms with Gasteiger partial charge in [-0.3, -0.25) is 4.79 Å². The zero-order chi connectivity index (χ0) is 19.8. The van der Waals surface area contributed by atoms with Gasteiger partial charge < -0.3 is 15.0 Å². The fourth-order valence-corrected chi connectivity index (χ4v) is 7.60. The second kappa shape index (κ2) is 6.18. The van der Waals surface area contributed by atoms with Crippen LogP contribution in [0.1, 0.15) is 57.1 Å². The van der Waals surface area contributed by atoms with Crippen molar-refractivity contribution in [3.8, 4) is 11.3 Å². The third-order valence-corrected chi connectivity index (χ3v) is 8.44. The van der Waals surface area contributed by atoms with Crippen molar-refractivity contribution in [2.45, 2.75) is 63.6 Å². The van der Waals surface area contributed by atoms with E-state index in [1.165, 1.54) is 24.0 Å². The molecular formula is C24H29N3O2. The van der Waals surface area contributed by atoms with Crippen LogP contribution in [-0.4, -0.2) is 32.7 Å². The SMILES string of the molecule is CC(=O)NC1C2CC3CC1CC(C(O)CC1c4ccccc4-c4cncn41)(C3)C2. The number of rotatable bonds is 4. The molecule has 152 valence electrons. The maximum atomic E-state index is 11.7. The van der Waals surface area contributed by atoms with E-state index in [1.807, 2.05) is 12.5 Å². The van der Waals surface area contributed by atoms with Gasteiger partial charge in [0.25, 0.3) is 0 Å². The highest BCUT2D eigenvalue weighted by atomic mass is 16.3. The molecule has 1 aromatic heterocycles. The summed E-state index contributed by atoms with van der Waals surface area (Å²) in [5.41, 5.74) is 3.74. The van der Waals surface area contributed by atoms with E-state index in [-0.39, 0.29) is 23.5 Å². The van der Waals surface area contributed by atoms with E-state index in [9.17, 15) is 9.90 Å². The Bertz CT molecular complexity index is 951. The summed E-state index contributed by atoms with van der Waals surface area (Å²) in [4.78, 5) is 16.1. The van der Waals surface area contributed by atoms with Gasteiger partial charge in [0.1, 0.15) is 0 Å². The first-order valence-corrected chi connectivity index (χ1v) is 11.1. The lowest BCUT2D eigenvalue weighted by atomic mass is 9.46. The molecule has 4 atom stereocenters. The van der Waals surface area contributed by atoms with Crippen LogP contribution in [-0.2, 0) is 4.79 Å². The van der Waals surface area contributed by atoms with Crippen molar-refractivity contribution in [2.75, 3.05) is 0 Å². The monoisotopic (exact) mass is 391 g/mol. The number of aliphatic hydroxyl groups excluding tert-OH is 1. The van der Waals surface area contributed by atoms with Gasteiger partial charge in [0.15, 0.2) is 0 Å². The van der Waals surface area contributed by atoms with Crippen LogP contribution in [0.25, 0.3) is 11.3 Å². The van der Waals surface area contributed by atoms with Crippen molar-refractivity contribution in [1.29, 1.82) is 0 Å². The van der Waals surface area contributed by atoms with Crippen molar-refractivity contribution >= 4 is 5.91 Å². The fourth-order valence-electron chi connectivity index (χ4n) is 7.60. The zero-order valence-corrected chi connectivity index (χ0v) is 16.9. The summed E-state index contributed by atoms with van der Waals surface area (Å²) in [7, 11) is 0. The van der Waals surface area contributed by atoms with E-state index in [2.05, 4.69) is 39.1 Å². The van der Waals surface area contributed by atoms with Crippen LogP contribution in [0.3, 0.4) is 0 Å². The second-order valence-electron chi connectivity index (χ2n) is 10.1. The number of aromatic nitrogens is 2. The van der Waals surface area contributed by atoms with Crippen molar-refractivity contribution in [3.05, 3.63) is 42.4 Å². The summed E-state index contributed by atoms with van der Waals surface area (Å²) in [6.07, 6.45) is 9.97. The Morgan fingerprint density at radius 2 is 2.03 bits per heavy atom. The highest BCUT2D eigenvalue weighted by Crippen LogP contribution is 2.62. The van der Waals surface area contributed by atoms with Crippen LogP contribution in [0.4, 0.5) is 0 Å². The van der Waals surface area contributed by atoms with Gasteiger partial charge in [-0.25, -0.2) is 4.98 Å². The molecule has 4 fully saturated rings. The summed E-state index contributed by atoms with van der Waals surface area (Å²) in [5, 5.41) is 14.9. The molecule has 7 rings (SSSR count). The Labute approximate surface area is 171 Å². The molecule has 0 radical (unpaired) electrons. The van der Waals surface area contributed by atoms with Crippen LogP contribution >= 0.6 is 0 Å². The van der Waals surface area contributed by atoms with Gasteiger partial charge in [-0.15, -0.1) is 0 Å². The molecule has 1 aromatic carbocycles. The fraction of sp³-hybridized carbons (Fsp3) is 0.583. The van der Waals surface area contributed by atoms with Crippen molar-refractivity contribution < 1.29 is 9.90 Å². The zero-order valence-electron chi connectivity index (χ0n) is 16.9. The number of carbonyl (C=O) groups is 1. The first kappa shape index (κ1) is 17.7. The number of hydrogen-bond donors (Lipinski definition) is 2. The number of hydrogen-bond acceptors (Lipinski definition) is 3. The Kier molecular flexibility index (Phi) is 3.77. The molecule has 4 unspecified atom stereocenters. The molecule has 1 aliphatic heterocycles. The average molecular weight is 392 g/mol. The summed E-state index contributed by atoms with van der Waals surface area (Å²) in [6.45, 7) is 1.63. The molecule has 2 heterocycles. The Morgan fingerprint density at radius 3 is 2.79 bits per heavy atom. The number of benzene rings is 1. The lowest BCUT2D eigenvalue weighted by molar-refractivity contribution is -0.144. The van der Waals surface area contributed by atoms with Crippen molar-refractivity contribution in [1.82, 2.24) is 14.9 Å². The van der Waals surface area contributed by atoms with Crippen LogP contribution < -0.4 is 5.32 Å². The maximum absolute atomic E-state index is 11.7. The summed E-state index contributed by atoms with van der Waals surface area (Å²) in [6, 6.07) is 9.02. The minimum Gasteiger partial charge on any atom is -0.392 e. The highest BCUT2D eigenvalue weighted by Gasteiger charge is 2.58. The van der Waals surface area contributed by atoms with Gasteiger partial charge >= 0.3 is 0 Å². The van der Waals surface area contributed by atoms with E-state index >= 15 is 0 Å². The standard InChI is InChI=1S/C24H29N3O2/c1-14(28)26-23-16-6-15-7-17(23)11-24(9-15,10-16)22(29)8-20-18-4-2-3-5-19(18)21-12-25-13-27(20)21/h2-5,12-13,15-17,20,22-23,29H,6-11H2,1H3,(H,26,28). The Morgan fingerprint density at radius 1 is 1.28 bits per heavy atom. The number of aliphatic hydroxyl groups is 1. The molecule has 1 amide bonds. The lowest BCUT2D eigenvalue weighted by Crippen LogP contribution is -2.61. The van der Waals surface area contributed by atoms with Crippen molar-refractivity contribution in [3.63, 3.8) is 0 Å². The lowest BCUT2D eigenvalue weighted by Gasteiger charge is -2.61. The van der Waals surface area contributed by atoms with Gasteiger partial charge in [-0.2, -0.15) is 0 Å². The highest BCUT2D eigenvalue weighted by molar-refractivity contribution is 5.73. The van der Waals surface area contributed by atoms with Crippen LogP contribution in [0.5, 0.6) is 0 Å². The summed E-state index contributed by atoms with van der Waals surface area (Å²) < 4.78 is 2.24. The smallest absolute Gasteiger partial charge is 0.217 e. The van der Waals surface area contributed by atoms with Gasteiger partial charge in [0.2, 0.25) is 5.91 Å². The van der Waals surface area contributed by atoms with Crippen LogP contribution in [0.15, 0.2) is 36.8 Å². The molecule has 5 aliphatic rings. The van der Waals surface area contributed by atoms with Gasteiger partial charge in [0, 0.05) is 18.5 Å².